The van der Waals surface area contributed by atoms with Crippen molar-refractivity contribution >= 4 is 11.6 Å². The zero-order chi connectivity index (χ0) is 17.5. The number of para-hydroxylation sites is 2. The summed E-state index contributed by atoms with van der Waals surface area (Å²) < 4.78 is 11.4. The van der Waals surface area contributed by atoms with E-state index in [0.717, 1.165) is 6.42 Å². The van der Waals surface area contributed by atoms with Gasteiger partial charge in [-0.05, 0) is 57.0 Å². The third-order valence-electron chi connectivity index (χ3n) is 3.52. The topological polar surface area (TPSA) is 47.6 Å². The van der Waals surface area contributed by atoms with Crippen LogP contribution in [0.3, 0.4) is 0 Å². The minimum atomic E-state index is -0.607. The second-order valence-corrected chi connectivity index (χ2v) is 5.91. The van der Waals surface area contributed by atoms with Crippen molar-refractivity contribution in [1.29, 1.82) is 0 Å². The van der Waals surface area contributed by atoms with Gasteiger partial charge in [0.1, 0.15) is 11.5 Å². The molecule has 0 radical (unpaired) electrons. The Bertz CT molecular complexity index is 665. The van der Waals surface area contributed by atoms with Crippen LogP contribution in [0.25, 0.3) is 0 Å². The van der Waals surface area contributed by atoms with E-state index in [2.05, 4.69) is 12.2 Å². The van der Waals surface area contributed by atoms with Crippen LogP contribution in [0.5, 0.6) is 11.5 Å². The number of amides is 1. The zero-order valence-corrected chi connectivity index (χ0v) is 14.7. The SMILES string of the molecule is CCc1ccc(OC(C)C(=O)Nc2ccccc2OC(C)C)cc1. The van der Waals surface area contributed by atoms with Crippen molar-refractivity contribution in [2.45, 2.75) is 46.3 Å². The number of hydrogen-bond acceptors (Lipinski definition) is 3. The molecule has 2 aromatic carbocycles. The first-order valence-corrected chi connectivity index (χ1v) is 8.31. The third kappa shape index (κ3) is 5.01. The van der Waals surface area contributed by atoms with E-state index in [-0.39, 0.29) is 12.0 Å². The Kier molecular flexibility index (Phi) is 6.24. The second kappa shape index (κ2) is 8.39. The van der Waals surface area contributed by atoms with Gasteiger partial charge in [-0.1, -0.05) is 31.2 Å². The fourth-order valence-corrected chi connectivity index (χ4v) is 2.22. The number of aryl methyl sites for hydroxylation is 1. The van der Waals surface area contributed by atoms with Crippen LogP contribution in [0.15, 0.2) is 48.5 Å². The van der Waals surface area contributed by atoms with Crippen LogP contribution in [0.4, 0.5) is 5.69 Å². The summed E-state index contributed by atoms with van der Waals surface area (Å²) in [5.41, 5.74) is 1.88. The first-order valence-electron chi connectivity index (χ1n) is 8.31. The lowest BCUT2D eigenvalue weighted by Crippen LogP contribution is -2.30. The molecule has 0 saturated heterocycles. The quantitative estimate of drug-likeness (QED) is 0.817. The van der Waals surface area contributed by atoms with Crippen molar-refractivity contribution in [3.05, 3.63) is 54.1 Å². The average Bonchev–Trinajstić information content (AvgIpc) is 2.56. The molecule has 2 rings (SSSR count). The molecule has 0 spiro atoms. The van der Waals surface area contributed by atoms with Gasteiger partial charge in [-0.25, -0.2) is 0 Å². The molecule has 1 amide bonds. The van der Waals surface area contributed by atoms with Gasteiger partial charge in [0, 0.05) is 0 Å². The highest BCUT2D eigenvalue weighted by Crippen LogP contribution is 2.25. The molecule has 2 aromatic rings. The van der Waals surface area contributed by atoms with Gasteiger partial charge in [-0.2, -0.15) is 0 Å². The highest BCUT2D eigenvalue weighted by atomic mass is 16.5. The maximum absolute atomic E-state index is 12.4. The highest BCUT2D eigenvalue weighted by molar-refractivity contribution is 5.95. The monoisotopic (exact) mass is 327 g/mol. The highest BCUT2D eigenvalue weighted by Gasteiger charge is 2.17. The molecule has 0 bridgehead atoms. The average molecular weight is 327 g/mol. The van der Waals surface area contributed by atoms with E-state index in [9.17, 15) is 4.79 Å². The summed E-state index contributed by atoms with van der Waals surface area (Å²) in [5, 5.41) is 2.87. The summed E-state index contributed by atoms with van der Waals surface area (Å²) in [5.74, 6) is 1.12. The lowest BCUT2D eigenvalue weighted by Gasteiger charge is -2.18. The normalized spacial score (nSPS) is 11.9. The molecule has 4 heteroatoms. The van der Waals surface area contributed by atoms with Gasteiger partial charge in [0.05, 0.1) is 11.8 Å². The van der Waals surface area contributed by atoms with Crippen molar-refractivity contribution < 1.29 is 14.3 Å². The van der Waals surface area contributed by atoms with Crippen molar-refractivity contribution in [2.24, 2.45) is 0 Å². The third-order valence-corrected chi connectivity index (χ3v) is 3.52. The van der Waals surface area contributed by atoms with E-state index in [1.165, 1.54) is 5.56 Å². The first-order chi connectivity index (χ1) is 11.5. The summed E-state index contributed by atoms with van der Waals surface area (Å²) in [7, 11) is 0. The van der Waals surface area contributed by atoms with E-state index in [1.54, 1.807) is 6.92 Å². The van der Waals surface area contributed by atoms with Gasteiger partial charge in [-0.15, -0.1) is 0 Å². The number of carbonyl (C=O) groups excluding carboxylic acids is 1. The molecule has 0 heterocycles. The minimum absolute atomic E-state index is 0.0359. The van der Waals surface area contributed by atoms with E-state index in [0.29, 0.717) is 17.2 Å². The van der Waals surface area contributed by atoms with Crippen LogP contribution < -0.4 is 14.8 Å². The van der Waals surface area contributed by atoms with Crippen molar-refractivity contribution in [2.75, 3.05) is 5.32 Å². The maximum atomic E-state index is 12.4. The predicted octanol–water partition coefficient (Wildman–Crippen LogP) is 4.44. The molecule has 0 saturated carbocycles. The van der Waals surface area contributed by atoms with E-state index >= 15 is 0 Å². The Hall–Kier alpha value is -2.49. The molecule has 4 nitrogen and oxygen atoms in total. The lowest BCUT2D eigenvalue weighted by atomic mass is 10.2. The first kappa shape index (κ1) is 17.9. The number of rotatable bonds is 7. The number of nitrogens with one attached hydrogen (secondary N) is 1. The smallest absolute Gasteiger partial charge is 0.265 e. The van der Waals surface area contributed by atoms with Crippen molar-refractivity contribution in [1.82, 2.24) is 0 Å². The van der Waals surface area contributed by atoms with Crippen LogP contribution in [0.2, 0.25) is 0 Å². The van der Waals surface area contributed by atoms with Crippen LogP contribution in [-0.4, -0.2) is 18.1 Å². The summed E-state index contributed by atoms with van der Waals surface area (Å²) in [6.45, 7) is 7.73. The molecular weight excluding hydrogens is 302 g/mol. The fourth-order valence-electron chi connectivity index (χ4n) is 2.22. The van der Waals surface area contributed by atoms with E-state index in [1.807, 2.05) is 62.4 Å². The molecule has 0 fully saturated rings. The Morgan fingerprint density at radius 1 is 1.00 bits per heavy atom. The number of ether oxygens (including phenoxy) is 2. The van der Waals surface area contributed by atoms with Crippen LogP contribution >= 0.6 is 0 Å². The fraction of sp³-hybridized carbons (Fsp3) is 0.350. The van der Waals surface area contributed by atoms with Crippen molar-refractivity contribution in [3.8, 4) is 11.5 Å². The molecule has 24 heavy (non-hydrogen) atoms. The minimum Gasteiger partial charge on any atom is -0.489 e. The Morgan fingerprint density at radius 3 is 2.29 bits per heavy atom. The summed E-state index contributed by atoms with van der Waals surface area (Å²) >= 11 is 0. The lowest BCUT2D eigenvalue weighted by molar-refractivity contribution is -0.122. The van der Waals surface area contributed by atoms with Gasteiger partial charge >= 0.3 is 0 Å². The van der Waals surface area contributed by atoms with Crippen LogP contribution in [0, 0.1) is 0 Å². The largest absolute Gasteiger partial charge is 0.489 e. The standard InChI is InChI=1S/C20H25NO3/c1-5-16-10-12-17(13-11-16)24-15(4)20(22)21-18-8-6-7-9-19(18)23-14(2)3/h6-15H,5H2,1-4H3,(H,21,22). The van der Waals surface area contributed by atoms with Crippen molar-refractivity contribution in [3.63, 3.8) is 0 Å². The predicted molar refractivity (Wildman–Crippen MR) is 96.7 cm³/mol. The molecule has 0 aliphatic heterocycles. The van der Waals surface area contributed by atoms with E-state index in [4.69, 9.17) is 9.47 Å². The molecular formula is C20H25NO3. The second-order valence-electron chi connectivity index (χ2n) is 5.91. The zero-order valence-electron chi connectivity index (χ0n) is 14.7. The Balaban J connectivity index is 2.01. The van der Waals surface area contributed by atoms with Gasteiger partial charge in [0.15, 0.2) is 6.10 Å². The molecule has 128 valence electrons. The Labute approximate surface area is 143 Å². The maximum Gasteiger partial charge on any atom is 0.265 e. The van der Waals surface area contributed by atoms with Gasteiger partial charge in [0.2, 0.25) is 0 Å². The van der Waals surface area contributed by atoms with Gasteiger partial charge in [0.25, 0.3) is 5.91 Å². The van der Waals surface area contributed by atoms with E-state index < -0.39 is 6.10 Å². The van der Waals surface area contributed by atoms with Gasteiger partial charge < -0.3 is 14.8 Å². The van der Waals surface area contributed by atoms with Crippen LogP contribution in [-0.2, 0) is 11.2 Å². The molecule has 0 aliphatic carbocycles. The molecule has 0 aliphatic rings. The number of benzene rings is 2. The number of carbonyl (C=O) groups is 1. The van der Waals surface area contributed by atoms with Gasteiger partial charge in [-0.3, -0.25) is 4.79 Å². The summed E-state index contributed by atoms with van der Waals surface area (Å²) in [6, 6.07) is 15.2. The number of hydrogen-bond donors (Lipinski definition) is 1. The Morgan fingerprint density at radius 2 is 1.67 bits per heavy atom. The molecule has 1 unspecified atom stereocenters. The molecule has 1 N–H and O–H groups in total. The summed E-state index contributed by atoms with van der Waals surface area (Å²) in [6.07, 6.45) is 0.404. The van der Waals surface area contributed by atoms with Crippen LogP contribution in [0.1, 0.15) is 33.3 Å². The molecule has 1 atom stereocenters. The summed E-state index contributed by atoms with van der Waals surface area (Å²) in [4.78, 5) is 12.4. The number of anilines is 1. The molecule has 0 aromatic heterocycles.